The monoisotopic (exact) mass is 423 g/mol. The second-order valence-corrected chi connectivity index (χ2v) is 9.70. The fraction of sp³-hybridized carbons (Fsp3) is 0.652. The highest BCUT2D eigenvalue weighted by molar-refractivity contribution is 5.81. The van der Waals surface area contributed by atoms with Crippen molar-refractivity contribution in [3.8, 4) is 0 Å². The predicted octanol–water partition coefficient (Wildman–Crippen LogP) is 2.17. The van der Waals surface area contributed by atoms with E-state index in [0.29, 0.717) is 30.7 Å². The van der Waals surface area contributed by atoms with Crippen LogP contribution in [0.2, 0.25) is 0 Å². The van der Waals surface area contributed by atoms with Crippen LogP contribution >= 0.6 is 0 Å². The molecule has 2 aromatic rings. The minimum atomic E-state index is -0.117. The van der Waals surface area contributed by atoms with Gasteiger partial charge in [0.2, 0.25) is 11.8 Å². The summed E-state index contributed by atoms with van der Waals surface area (Å²) in [5, 5.41) is 3.26. The van der Waals surface area contributed by atoms with E-state index in [4.69, 9.17) is 4.98 Å². The lowest BCUT2D eigenvalue weighted by atomic mass is 9.84. The van der Waals surface area contributed by atoms with E-state index in [9.17, 15) is 14.4 Å². The number of nitrogens with zero attached hydrogens (tertiary/aromatic N) is 4. The maximum Gasteiger partial charge on any atom is 0.277 e. The van der Waals surface area contributed by atoms with Crippen LogP contribution < -0.4 is 5.56 Å². The van der Waals surface area contributed by atoms with Crippen molar-refractivity contribution in [3.05, 3.63) is 33.4 Å². The molecule has 8 heteroatoms. The summed E-state index contributed by atoms with van der Waals surface area (Å²) in [6.45, 7) is 1.77. The highest BCUT2D eigenvalue weighted by Gasteiger charge is 2.38. The van der Waals surface area contributed by atoms with Gasteiger partial charge in [-0.3, -0.25) is 19.5 Å². The SMILES string of the molecule is O=C(C1CCC1)N1CCc2nc3cc([C@H]4CCCCN4C(=O)C4CC4)[nH]n3c(=O)c2C1. The van der Waals surface area contributed by atoms with E-state index in [1.807, 2.05) is 15.9 Å². The van der Waals surface area contributed by atoms with Crippen molar-refractivity contribution in [2.75, 3.05) is 13.1 Å². The molecule has 2 aliphatic heterocycles. The van der Waals surface area contributed by atoms with E-state index < -0.39 is 0 Å². The number of nitrogens with one attached hydrogen (secondary N) is 1. The van der Waals surface area contributed by atoms with Gasteiger partial charge in [0.1, 0.15) is 0 Å². The summed E-state index contributed by atoms with van der Waals surface area (Å²) in [5.41, 5.74) is 2.82. The molecule has 0 radical (unpaired) electrons. The van der Waals surface area contributed by atoms with Crippen LogP contribution in [0.4, 0.5) is 0 Å². The second kappa shape index (κ2) is 7.21. The van der Waals surface area contributed by atoms with E-state index in [1.54, 1.807) is 0 Å². The number of aromatic amines is 1. The average Bonchev–Trinajstić information content (AvgIpc) is 3.51. The molecule has 1 atom stereocenters. The number of fused-ring (bicyclic) bond motifs is 2. The molecule has 1 N–H and O–H groups in total. The number of hydrogen-bond donors (Lipinski definition) is 1. The van der Waals surface area contributed by atoms with Gasteiger partial charge in [0.25, 0.3) is 5.56 Å². The zero-order valence-corrected chi connectivity index (χ0v) is 17.8. The molecule has 31 heavy (non-hydrogen) atoms. The van der Waals surface area contributed by atoms with Crippen molar-refractivity contribution in [3.63, 3.8) is 0 Å². The molecular weight excluding hydrogens is 394 g/mol. The summed E-state index contributed by atoms with van der Waals surface area (Å²) in [5.74, 6) is 0.773. The normalized spacial score (nSPS) is 24.2. The van der Waals surface area contributed by atoms with Crippen LogP contribution in [0, 0.1) is 11.8 Å². The number of amides is 2. The number of hydrogen-bond acceptors (Lipinski definition) is 4. The molecule has 0 bridgehead atoms. The van der Waals surface area contributed by atoms with Gasteiger partial charge >= 0.3 is 0 Å². The molecule has 1 saturated heterocycles. The van der Waals surface area contributed by atoms with Gasteiger partial charge < -0.3 is 9.80 Å². The summed E-state index contributed by atoms with van der Waals surface area (Å²) >= 11 is 0. The Bertz CT molecular complexity index is 1110. The Balaban J connectivity index is 1.32. The van der Waals surface area contributed by atoms with Crippen molar-refractivity contribution < 1.29 is 9.59 Å². The number of carbonyl (C=O) groups excluding carboxylic acids is 2. The number of H-pyrrole nitrogens is 1. The third-order valence-corrected chi connectivity index (χ3v) is 7.62. The average molecular weight is 424 g/mol. The van der Waals surface area contributed by atoms with Crippen LogP contribution in [0.5, 0.6) is 0 Å². The van der Waals surface area contributed by atoms with Gasteiger partial charge in [-0.25, -0.2) is 9.50 Å². The van der Waals surface area contributed by atoms with Crippen molar-refractivity contribution in [1.82, 2.24) is 24.4 Å². The Morgan fingerprint density at radius 2 is 1.77 bits per heavy atom. The van der Waals surface area contributed by atoms with Crippen molar-refractivity contribution in [2.24, 2.45) is 11.8 Å². The largest absolute Gasteiger partial charge is 0.337 e. The van der Waals surface area contributed by atoms with Gasteiger partial charge in [-0.15, -0.1) is 0 Å². The van der Waals surface area contributed by atoms with Gasteiger partial charge in [0.05, 0.1) is 29.5 Å². The molecule has 2 saturated carbocycles. The first-order valence-electron chi connectivity index (χ1n) is 11.8. The van der Waals surface area contributed by atoms with Crippen LogP contribution in [-0.4, -0.2) is 49.3 Å². The molecule has 4 aliphatic rings. The molecule has 4 heterocycles. The molecule has 0 unspecified atom stereocenters. The lowest BCUT2D eigenvalue weighted by Crippen LogP contribution is -2.44. The first-order chi connectivity index (χ1) is 15.1. The number of likely N-dealkylation sites (tertiary alicyclic amines) is 1. The summed E-state index contributed by atoms with van der Waals surface area (Å²) < 4.78 is 1.51. The second-order valence-electron chi connectivity index (χ2n) is 9.70. The van der Waals surface area contributed by atoms with E-state index >= 15 is 0 Å². The fourth-order valence-electron chi connectivity index (χ4n) is 5.36. The van der Waals surface area contributed by atoms with Gasteiger partial charge in [0.15, 0.2) is 5.65 Å². The Morgan fingerprint density at radius 3 is 2.52 bits per heavy atom. The van der Waals surface area contributed by atoms with E-state index in [-0.39, 0.29) is 35.3 Å². The molecule has 3 fully saturated rings. The van der Waals surface area contributed by atoms with Gasteiger partial charge in [-0.1, -0.05) is 6.42 Å². The van der Waals surface area contributed by atoms with Gasteiger partial charge in [0, 0.05) is 37.4 Å². The molecular formula is C23H29N5O3. The summed E-state index contributed by atoms with van der Waals surface area (Å²) in [6, 6.07) is 1.92. The number of rotatable bonds is 3. The van der Waals surface area contributed by atoms with Gasteiger partial charge in [-0.05, 0) is 44.9 Å². The third kappa shape index (κ3) is 3.18. The maximum atomic E-state index is 13.3. The molecule has 2 amide bonds. The Kier molecular flexibility index (Phi) is 4.43. The summed E-state index contributed by atoms with van der Waals surface area (Å²) in [7, 11) is 0. The fourth-order valence-corrected chi connectivity index (χ4v) is 5.36. The van der Waals surface area contributed by atoms with Crippen LogP contribution in [0.25, 0.3) is 5.65 Å². The maximum absolute atomic E-state index is 13.3. The molecule has 164 valence electrons. The standard InChI is InChI=1S/C23H29N5O3/c29-21(14-4-3-5-14)26-11-9-17-16(13-26)23(31)28-20(24-17)12-18(25-28)19-6-1-2-10-27(19)22(30)15-7-8-15/h12,14-15,19,25H,1-11,13H2/t19-/m1/s1. The first-order valence-corrected chi connectivity index (χ1v) is 11.8. The summed E-state index contributed by atoms with van der Waals surface area (Å²) in [4.78, 5) is 47.4. The molecule has 0 aromatic carbocycles. The Hall–Kier alpha value is -2.64. The topological polar surface area (TPSA) is 90.8 Å². The van der Waals surface area contributed by atoms with Crippen LogP contribution in [0.15, 0.2) is 10.9 Å². The molecule has 0 spiro atoms. The number of carbonyl (C=O) groups is 2. The van der Waals surface area contributed by atoms with Gasteiger partial charge in [-0.2, -0.15) is 0 Å². The van der Waals surface area contributed by atoms with Crippen molar-refractivity contribution in [2.45, 2.75) is 70.4 Å². The predicted molar refractivity (Wildman–Crippen MR) is 113 cm³/mol. The van der Waals surface area contributed by atoms with Crippen molar-refractivity contribution >= 4 is 17.5 Å². The number of piperidine rings is 1. The van der Waals surface area contributed by atoms with Crippen molar-refractivity contribution in [1.29, 1.82) is 0 Å². The highest BCUT2D eigenvalue weighted by atomic mass is 16.2. The Labute approximate surface area is 180 Å². The third-order valence-electron chi connectivity index (χ3n) is 7.62. The molecule has 8 nitrogen and oxygen atoms in total. The molecule has 6 rings (SSSR count). The Morgan fingerprint density at radius 1 is 0.968 bits per heavy atom. The zero-order chi connectivity index (χ0) is 21.1. The smallest absolute Gasteiger partial charge is 0.277 e. The minimum absolute atomic E-state index is 0.0170. The summed E-state index contributed by atoms with van der Waals surface area (Å²) in [6.07, 6.45) is 8.69. The minimum Gasteiger partial charge on any atom is -0.337 e. The molecule has 2 aliphatic carbocycles. The van der Waals surface area contributed by atoms with E-state index in [1.165, 1.54) is 4.52 Å². The molecule has 2 aromatic heterocycles. The lowest BCUT2D eigenvalue weighted by molar-refractivity contribution is -0.139. The first kappa shape index (κ1) is 19.1. The quantitative estimate of drug-likeness (QED) is 0.819. The van der Waals surface area contributed by atoms with Crippen LogP contribution in [0.1, 0.15) is 74.4 Å². The zero-order valence-electron chi connectivity index (χ0n) is 17.8. The highest BCUT2D eigenvalue weighted by Crippen LogP contribution is 2.37. The number of aromatic nitrogens is 3. The van der Waals surface area contributed by atoms with E-state index in [2.05, 4.69) is 5.10 Å². The lowest BCUT2D eigenvalue weighted by Gasteiger charge is -2.35. The van der Waals surface area contributed by atoms with Crippen LogP contribution in [-0.2, 0) is 22.6 Å². The van der Waals surface area contributed by atoms with E-state index in [0.717, 1.165) is 69.3 Å². The van der Waals surface area contributed by atoms with Crippen LogP contribution in [0.3, 0.4) is 0 Å².